The van der Waals surface area contributed by atoms with Crippen LogP contribution < -0.4 is 0 Å². The first-order valence-corrected chi connectivity index (χ1v) is 5.85. The van der Waals surface area contributed by atoms with Crippen molar-refractivity contribution in [1.29, 1.82) is 0 Å². The first-order valence-electron chi connectivity index (χ1n) is 5.85. The highest BCUT2D eigenvalue weighted by atomic mass is 16.3. The van der Waals surface area contributed by atoms with Gasteiger partial charge in [-0.15, -0.1) is 5.10 Å². The van der Waals surface area contributed by atoms with Crippen LogP contribution in [-0.2, 0) is 0 Å². The number of aliphatic hydroxyl groups is 1. The number of carbonyl (C=O) groups is 1. The average Bonchev–Trinajstić information content (AvgIpc) is 2.99. The van der Waals surface area contributed by atoms with E-state index >= 15 is 0 Å². The second-order valence-corrected chi connectivity index (χ2v) is 4.25. The molecule has 0 spiro atoms. The number of hydrogen-bond donors (Lipinski definition) is 1. The van der Waals surface area contributed by atoms with Gasteiger partial charge in [-0.05, 0) is 35.5 Å². The summed E-state index contributed by atoms with van der Waals surface area (Å²) in [6, 6.07) is 6.77. The van der Waals surface area contributed by atoms with Crippen LogP contribution in [0.4, 0.5) is 0 Å². The number of nitrogens with zero attached hydrogens (tertiary/aromatic N) is 5. The van der Waals surface area contributed by atoms with Crippen LogP contribution in [0.25, 0.3) is 5.69 Å². The smallest absolute Gasteiger partial charge is 0.253 e. The molecule has 2 rings (SSSR count). The standard InChI is InChI=1S/C12H15N5O2/c1-9(7-18)16(2)12(19)10-4-3-5-11(6-10)17-8-13-14-15-17/h3-6,8-9,18H,7H2,1-2H3. The lowest BCUT2D eigenvalue weighted by molar-refractivity contribution is 0.0682. The van der Waals surface area contributed by atoms with Gasteiger partial charge < -0.3 is 10.0 Å². The van der Waals surface area contributed by atoms with Crippen LogP contribution in [0.5, 0.6) is 0 Å². The summed E-state index contributed by atoms with van der Waals surface area (Å²) in [4.78, 5) is 13.7. The maximum absolute atomic E-state index is 12.2. The Hall–Kier alpha value is -2.28. The molecule has 1 unspecified atom stereocenters. The van der Waals surface area contributed by atoms with E-state index in [1.54, 1.807) is 32.2 Å². The summed E-state index contributed by atoms with van der Waals surface area (Å²) in [7, 11) is 1.66. The quantitative estimate of drug-likeness (QED) is 0.844. The van der Waals surface area contributed by atoms with Crippen LogP contribution in [0, 0.1) is 0 Å². The van der Waals surface area contributed by atoms with Crippen molar-refractivity contribution in [2.45, 2.75) is 13.0 Å². The molecule has 0 fully saturated rings. The van der Waals surface area contributed by atoms with Gasteiger partial charge in [0, 0.05) is 12.6 Å². The summed E-state index contributed by atoms with van der Waals surface area (Å²) >= 11 is 0. The van der Waals surface area contributed by atoms with Gasteiger partial charge in [0.1, 0.15) is 6.33 Å². The molecule has 1 heterocycles. The third-order valence-electron chi connectivity index (χ3n) is 2.95. The summed E-state index contributed by atoms with van der Waals surface area (Å²) in [6.07, 6.45) is 1.46. The van der Waals surface area contributed by atoms with Crippen LogP contribution in [0.2, 0.25) is 0 Å². The number of rotatable bonds is 4. The van der Waals surface area contributed by atoms with Gasteiger partial charge >= 0.3 is 0 Å². The Morgan fingerprint density at radius 2 is 2.32 bits per heavy atom. The SMILES string of the molecule is CC(CO)N(C)C(=O)c1cccc(-n2cnnn2)c1. The number of aliphatic hydroxyl groups excluding tert-OH is 1. The van der Waals surface area contributed by atoms with Crippen molar-refractivity contribution in [3.63, 3.8) is 0 Å². The fraction of sp³-hybridized carbons (Fsp3) is 0.333. The zero-order valence-electron chi connectivity index (χ0n) is 10.8. The van der Waals surface area contributed by atoms with Gasteiger partial charge in [-0.2, -0.15) is 0 Å². The molecule has 19 heavy (non-hydrogen) atoms. The van der Waals surface area contributed by atoms with E-state index in [1.165, 1.54) is 15.9 Å². The molecule has 7 nitrogen and oxygen atoms in total. The summed E-state index contributed by atoms with van der Waals surface area (Å²) < 4.78 is 1.48. The summed E-state index contributed by atoms with van der Waals surface area (Å²) in [5.74, 6) is -0.156. The first-order chi connectivity index (χ1) is 9.13. The fourth-order valence-corrected chi connectivity index (χ4v) is 1.59. The van der Waals surface area contributed by atoms with Crippen molar-refractivity contribution < 1.29 is 9.90 Å². The Bertz CT molecular complexity index is 555. The molecule has 1 N–H and O–H groups in total. The van der Waals surface area contributed by atoms with Crippen molar-refractivity contribution >= 4 is 5.91 Å². The van der Waals surface area contributed by atoms with Crippen molar-refractivity contribution in [3.05, 3.63) is 36.2 Å². The highest BCUT2D eigenvalue weighted by Crippen LogP contribution is 2.11. The van der Waals surface area contributed by atoms with E-state index in [2.05, 4.69) is 15.5 Å². The van der Waals surface area contributed by atoms with Gasteiger partial charge in [0.25, 0.3) is 5.91 Å². The number of amides is 1. The molecular weight excluding hydrogens is 246 g/mol. The molecule has 0 bridgehead atoms. The Balaban J connectivity index is 2.26. The number of benzene rings is 1. The average molecular weight is 261 g/mol. The largest absolute Gasteiger partial charge is 0.394 e. The third kappa shape index (κ3) is 2.76. The van der Waals surface area contributed by atoms with Crippen molar-refractivity contribution in [1.82, 2.24) is 25.1 Å². The highest BCUT2D eigenvalue weighted by Gasteiger charge is 2.17. The zero-order chi connectivity index (χ0) is 13.8. The third-order valence-corrected chi connectivity index (χ3v) is 2.95. The molecule has 7 heteroatoms. The van der Waals surface area contributed by atoms with Crippen molar-refractivity contribution in [3.8, 4) is 5.69 Å². The minimum atomic E-state index is -0.232. The maximum Gasteiger partial charge on any atom is 0.253 e. The maximum atomic E-state index is 12.2. The molecule has 0 saturated carbocycles. The van der Waals surface area contributed by atoms with Crippen molar-refractivity contribution in [2.24, 2.45) is 0 Å². The Labute approximate surface area is 110 Å². The Morgan fingerprint density at radius 3 is 2.95 bits per heavy atom. The highest BCUT2D eigenvalue weighted by molar-refractivity contribution is 5.94. The number of tetrazole rings is 1. The molecule has 0 radical (unpaired) electrons. The molecular formula is C12H15N5O2. The molecule has 100 valence electrons. The topological polar surface area (TPSA) is 84.1 Å². The van der Waals surface area contributed by atoms with Gasteiger partial charge in [-0.3, -0.25) is 4.79 Å². The molecule has 0 aliphatic heterocycles. The minimum Gasteiger partial charge on any atom is -0.394 e. The lowest BCUT2D eigenvalue weighted by Crippen LogP contribution is -2.37. The van der Waals surface area contributed by atoms with E-state index in [9.17, 15) is 4.79 Å². The van der Waals surface area contributed by atoms with E-state index < -0.39 is 0 Å². The van der Waals surface area contributed by atoms with Crippen LogP contribution >= 0.6 is 0 Å². The Kier molecular flexibility index (Phi) is 3.86. The molecule has 1 aromatic heterocycles. The van der Waals surface area contributed by atoms with E-state index in [0.717, 1.165) is 0 Å². The van der Waals surface area contributed by atoms with Crippen LogP contribution in [-0.4, -0.2) is 55.8 Å². The van der Waals surface area contributed by atoms with E-state index in [4.69, 9.17) is 5.11 Å². The lowest BCUT2D eigenvalue weighted by Gasteiger charge is -2.23. The number of carbonyl (C=O) groups excluding carboxylic acids is 1. The normalized spacial score (nSPS) is 12.2. The predicted molar refractivity (Wildman–Crippen MR) is 67.8 cm³/mol. The van der Waals surface area contributed by atoms with Gasteiger partial charge in [-0.25, -0.2) is 4.68 Å². The lowest BCUT2D eigenvalue weighted by atomic mass is 10.1. The second-order valence-electron chi connectivity index (χ2n) is 4.25. The molecule has 0 aliphatic rings. The molecule has 1 atom stereocenters. The van der Waals surface area contributed by atoms with Crippen LogP contribution in [0.3, 0.4) is 0 Å². The number of hydrogen-bond acceptors (Lipinski definition) is 5. The van der Waals surface area contributed by atoms with E-state index in [-0.39, 0.29) is 18.6 Å². The van der Waals surface area contributed by atoms with E-state index in [1.807, 2.05) is 6.07 Å². The molecule has 0 aliphatic carbocycles. The van der Waals surface area contributed by atoms with Crippen LogP contribution in [0.15, 0.2) is 30.6 Å². The van der Waals surface area contributed by atoms with Gasteiger partial charge in [0.15, 0.2) is 0 Å². The number of aromatic nitrogens is 4. The molecule has 1 aromatic carbocycles. The zero-order valence-corrected chi connectivity index (χ0v) is 10.8. The number of likely N-dealkylation sites (N-methyl/N-ethyl adjacent to an activating group) is 1. The molecule has 1 amide bonds. The van der Waals surface area contributed by atoms with Gasteiger partial charge in [-0.1, -0.05) is 6.07 Å². The molecule has 0 saturated heterocycles. The summed E-state index contributed by atoms with van der Waals surface area (Å²) in [5.41, 5.74) is 1.23. The Morgan fingerprint density at radius 1 is 1.53 bits per heavy atom. The fourth-order valence-electron chi connectivity index (χ4n) is 1.59. The summed E-state index contributed by atoms with van der Waals surface area (Å²) in [6.45, 7) is 1.71. The summed E-state index contributed by atoms with van der Waals surface area (Å²) in [5, 5.41) is 20.0. The van der Waals surface area contributed by atoms with Gasteiger partial charge in [0.05, 0.1) is 18.3 Å². The first kappa shape index (κ1) is 13.2. The predicted octanol–water partition coefficient (Wildman–Crippen LogP) is 0.115. The molecule has 2 aromatic rings. The minimum absolute atomic E-state index is 0.0745. The second kappa shape index (κ2) is 5.57. The van der Waals surface area contributed by atoms with Gasteiger partial charge in [0.2, 0.25) is 0 Å². The van der Waals surface area contributed by atoms with Crippen LogP contribution in [0.1, 0.15) is 17.3 Å². The van der Waals surface area contributed by atoms with E-state index in [0.29, 0.717) is 11.3 Å². The van der Waals surface area contributed by atoms with Crippen molar-refractivity contribution in [2.75, 3.05) is 13.7 Å². The monoisotopic (exact) mass is 261 g/mol.